The van der Waals surface area contributed by atoms with Crippen molar-refractivity contribution in [2.24, 2.45) is 0 Å². The maximum atomic E-state index is 13.0. The lowest BCUT2D eigenvalue weighted by atomic mass is 10.0. The first-order valence-electron chi connectivity index (χ1n) is 11.2. The summed E-state index contributed by atoms with van der Waals surface area (Å²) in [6, 6.07) is 2.13. The van der Waals surface area contributed by atoms with Gasteiger partial charge in [0.05, 0.1) is 36.4 Å². The zero-order chi connectivity index (χ0) is 23.4. The van der Waals surface area contributed by atoms with Gasteiger partial charge >= 0.3 is 0 Å². The number of carbonyl (C=O) groups excluding carboxylic acids is 1. The number of hydrogen-bond acceptors (Lipinski definition) is 9. The van der Waals surface area contributed by atoms with E-state index in [1.807, 2.05) is 17.9 Å². The number of anilines is 2. The van der Waals surface area contributed by atoms with E-state index in [1.165, 1.54) is 12.4 Å². The fourth-order valence-electron chi connectivity index (χ4n) is 4.28. The van der Waals surface area contributed by atoms with Gasteiger partial charge in [0.2, 0.25) is 5.95 Å². The first-order valence-corrected chi connectivity index (χ1v) is 11.2. The van der Waals surface area contributed by atoms with Crippen molar-refractivity contribution in [1.29, 1.82) is 5.26 Å². The molecule has 0 aliphatic carbocycles. The van der Waals surface area contributed by atoms with E-state index < -0.39 is 6.10 Å². The predicted molar refractivity (Wildman–Crippen MR) is 121 cm³/mol. The predicted octanol–water partition coefficient (Wildman–Crippen LogP) is 0.827. The largest absolute Gasteiger partial charge is 0.379 e. The van der Waals surface area contributed by atoms with E-state index in [0.29, 0.717) is 42.3 Å². The lowest BCUT2D eigenvalue weighted by Gasteiger charge is -2.36. The number of hydrogen-bond donors (Lipinski definition) is 2. The molecule has 4 heterocycles. The number of nitrogens with zero attached hydrogens (tertiary/aromatic N) is 6. The molecule has 174 valence electrons. The molecule has 2 atom stereocenters. The van der Waals surface area contributed by atoms with Gasteiger partial charge in [0.25, 0.3) is 11.5 Å². The van der Waals surface area contributed by atoms with Gasteiger partial charge in [-0.1, -0.05) is 0 Å². The van der Waals surface area contributed by atoms with Crippen LogP contribution in [-0.2, 0) is 9.53 Å². The fraction of sp³-hybridized carbons (Fsp3) is 0.545. The molecule has 2 aliphatic heterocycles. The Morgan fingerprint density at radius 3 is 2.64 bits per heavy atom. The Kier molecular flexibility index (Phi) is 6.84. The van der Waals surface area contributed by atoms with Gasteiger partial charge in [0.1, 0.15) is 12.2 Å². The molecule has 0 radical (unpaired) electrons. The Morgan fingerprint density at radius 1 is 1.21 bits per heavy atom. The van der Waals surface area contributed by atoms with Crippen LogP contribution in [0.15, 0.2) is 23.4 Å². The van der Waals surface area contributed by atoms with Crippen LogP contribution in [0.2, 0.25) is 0 Å². The number of carbonyl (C=O) groups is 1. The second-order valence-electron chi connectivity index (χ2n) is 8.53. The van der Waals surface area contributed by atoms with Crippen LogP contribution in [-0.4, -0.2) is 75.4 Å². The van der Waals surface area contributed by atoms with Crippen molar-refractivity contribution in [3.8, 4) is 6.07 Å². The van der Waals surface area contributed by atoms with Crippen LogP contribution in [0.5, 0.6) is 0 Å². The highest BCUT2D eigenvalue weighted by Crippen LogP contribution is 2.25. The van der Waals surface area contributed by atoms with E-state index in [-0.39, 0.29) is 23.6 Å². The first-order chi connectivity index (χ1) is 16.0. The number of piperidine rings is 1. The molecule has 33 heavy (non-hydrogen) atoms. The number of amides is 1. The third-order valence-corrected chi connectivity index (χ3v) is 6.20. The molecule has 2 N–H and O–H groups in total. The zero-order valence-corrected chi connectivity index (χ0v) is 18.8. The first kappa shape index (κ1) is 22.7. The van der Waals surface area contributed by atoms with Crippen molar-refractivity contribution in [3.05, 3.63) is 40.1 Å². The molecule has 0 saturated carbocycles. The number of aromatic nitrogens is 4. The highest BCUT2D eigenvalue weighted by molar-refractivity contribution is 5.83. The number of ether oxygens (including phenoxy) is 1. The minimum Gasteiger partial charge on any atom is -0.379 e. The van der Waals surface area contributed by atoms with Crippen molar-refractivity contribution in [2.75, 3.05) is 36.5 Å². The average molecular weight is 453 g/mol. The van der Waals surface area contributed by atoms with Gasteiger partial charge in [0.15, 0.2) is 0 Å². The molecule has 0 bridgehead atoms. The maximum Gasteiger partial charge on any atom is 0.269 e. The average Bonchev–Trinajstić information content (AvgIpc) is 3.21. The molecule has 2 saturated heterocycles. The summed E-state index contributed by atoms with van der Waals surface area (Å²) < 4.78 is 5.94. The summed E-state index contributed by atoms with van der Waals surface area (Å²) in [6.45, 7) is 6.24. The molecule has 4 rings (SSSR count). The molecule has 2 aromatic heterocycles. The fourth-order valence-corrected chi connectivity index (χ4v) is 4.28. The zero-order valence-electron chi connectivity index (χ0n) is 18.8. The van der Waals surface area contributed by atoms with Crippen LogP contribution in [0.1, 0.15) is 37.3 Å². The van der Waals surface area contributed by atoms with Crippen LogP contribution in [0, 0.1) is 18.3 Å². The van der Waals surface area contributed by atoms with Crippen molar-refractivity contribution in [3.63, 3.8) is 0 Å². The van der Waals surface area contributed by atoms with Crippen LogP contribution in [0.4, 0.5) is 11.6 Å². The Labute approximate surface area is 191 Å². The van der Waals surface area contributed by atoms with Gasteiger partial charge in [-0.25, -0.2) is 15.1 Å². The molecule has 0 spiro atoms. The van der Waals surface area contributed by atoms with Crippen LogP contribution < -0.4 is 15.8 Å². The number of nitrogens with one attached hydrogen (secondary N) is 2. The Morgan fingerprint density at radius 2 is 1.94 bits per heavy atom. The molecule has 11 heteroatoms. The summed E-state index contributed by atoms with van der Waals surface area (Å²) in [5, 5.41) is 18.3. The van der Waals surface area contributed by atoms with Gasteiger partial charge in [-0.15, -0.1) is 0 Å². The molecule has 0 aromatic carbocycles. The molecule has 2 fully saturated rings. The van der Waals surface area contributed by atoms with Crippen molar-refractivity contribution in [2.45, 2.75) is 51.3 Å². The highest BCUT2D eigenvalue weighted by atomic mass is 16.5. The summed E-state index contributed by atoms with van der Waals surface area (Å²) in [6.07, 6.45) is 6.56. The third-order valence-electron chi connectivity index (χ3n) is 6.20. The summed E-state index contributed by atoms with van der Waals surface area (Å²) in [5.41, 5.74) is 1.44. The van der Waals surface area contributed by atoms with E-state index in [2.05, 4.69) is 30.4 Å². The lowest BCUT2D eigenvalue weighted by molar-refractivity contribution is -0.139. The van der Waals surface area contributed by atoms with Gasteiger partial charge < -0.3 is 19.9 Å². The molecule has 2 aliphatic rings. The van der Waals surface area contributed by atoms with Crippen molar-refractivity contribution in [1.82, 2.24) is 25.1 Å². The van der Waals surface area contributed by atoms with Crippen molar-refractivity contribution >= 4 is 17.5 Å². The highest BCUT2D eigenvalue weighted by Gasteiger charge is 2.38. The van der Waals surface area contributed by atoms with E-state index in [1.54, 1.807) is 13.1 Å². The van der Waals surface area contributed by atoms with Gasteiger partial charge in [-0.3, -0.25) is 9.59 Å². The monoisotopic (exact) mass is 452 g/mol. The number of rotatable bonds is 7. The van der Waals surface area contributed by atoms with E-state index in [0.717, 1.165) is 25.9 Å². The second kappa shape index (κ2) is 9.95. The Hall–Kier alpha value is -3.52. The van der Waals surface area contributed by atoms with Gasteiger partial charge in [-0.05, 0) is 26.7 Å². The normalized spacial score (nSPS) is 20.0. The van der Waals surface area contributed by atoms with E-state index in [9.17, 15) is 9.59 Å². The Bertz CT molecular complexity index is 1070. The number of nitriles is 1. The molecular formula is C22H28N8O3. The third kappa shape index (κ3) is 5.12. The number of H-pyrrole nitrogens is 1. The number of aromatic amines is 1. The summed E-state index contributed by atoms with van der Waals surface area (Å²) >= 11 is 0. The molecule has 2 aromatic rings. The summed E-state index contributed by atoms with van der Waals surface area (Å²) in [4.78, 5) is 37.2. The van der Waals surface area contributed by atoms with Crippen LogP contribution in [0.3, 0.4) is 0 Å². The SMILES string of the molecule is Cc1c(N[C@@H](C)CO[C@@H]2CCN(C3CCN(c4ncc(C#N)cn4)CC3)C2=O)cn[nH]c1=O. The molecule has 11 nitrogen and oxygen atoms in total. The minimum absolute atomic E-state index is 0.0456. The molecule has 1 amide bonds. The van der Waals surface area contributed by atoms with Gasteiger partial charge in [-0.2, -0.15) is 10.4 Å². The Balaban J connectivity index is 1.25. The molecule has 0 unspecified atom stereocenters. The minimum atomic E-state index is -0.437. The quantitative estimate of drug-likeness (QED) is 0.625. The van der Waals surface area contributed by atoms with Crippen LogP contribution >= 0.6 is 0 Å². The van der Waals surface area contributed by atoms with E-state index >= 15 is 0 Å². The van der Waals surface area contributed by atoms with Gasteiger partial charge in [0, 0.05) is 43.7 Å². The summed E-state index contributed by atoms with van der Waals surface area (Å²) in [7, 11) is 0. The topological polar surface area (TPSA) is 140 Å². The van der Waals surface area contributed by atoms with Crippen molar-refractivity contribution < 1.29 is 9.53 Å². The lowest BCUT2D eigenvalue weighted by Crippen LogP contribution is -2.47. The van der Waals surface area contributed by atoms with E-state index in [4.69, 9.17) is 10.00 Å². The number of likely N-dealkylation sites (tertiary alicyclic amines) is 1. The molecular weight excluding hydrogens is 424 g/mol. The maximum absolute atomic E-state index is 13.0. The second-order valence-corrected chi connectivity index (χ2v) is 8.53. The smallest absolute Gasteiger partial charge is 0.269 e. The summed E-state index contributed by atoms with van der Waals surface area (Å²) in [5.74, 6) is 0.665. The van der Waals surface area contributed by atoms with Crippen LogP contribution in [0.25, 0.3) is 0 Å². The standard InChI is InChI=1S/C22H28N8O3/c1-14(27-18-12-26-28-20(31)15(18)2)13-33-19-5-8-30(21(19)32)17-3-6-29(7-4-17)22-24-10-16(9-23)11-25-22/h10-12,14,17,19H,3-8,13H2,1-2H3,(H2,27,28,31)/t14-,19+/m0/s1.